The van der Waals surface area contributed by atoms with Crippen LogP contribution in [-0.2, 0) is 4.74 Å². The number of aromatic nitrogens is 3. The molecule has 1 fully saturated rings. The van der Waals surface area contributed by atoms with Gasteiger partial charge in [0.15, 0.2) is 5.69 Å². The highest BCUT2D eigenvalue weighted by molar-refractivity contribution is 6.08. The SMILES string of the molecule is Cc1cncc(C(=O)Nc2cn(C3CCCCO3)nc2C(=O)NCC(C)(C)C#N)c1. The summed E-state index contributed by atoms with van der Waals surface area (Å²) in [6.45, 7) is 6.09. The molecule has 0 spiro atoms. The molecule has 1 saturated heterocycles. The van der Waals surface area contributed by atoms with Crippen LogP contribution in [0.1, 0.15) is 65.7 Å². The Morgan fingerprint density at radius 2 is 2.13 bits per heavy atom. The van der Waals surface area contributed by atoms with Crippen molar-refractivity contribution in [3.05, 3.63) is 41.5 Å². The number of nitriles is 1. The van der Waals surface area contributed by atoms with E-state index in [9.17, 15) is 14.9 Å². The van der Waals surface area contributed by atoms with Crippen LogP contribution in [0.4, 0.5) is 5.69 Å². The van der Waals surface area contributed by atoms with E-state index >= 15 is 0 Å². The van der Waals surface area contributed by atoms with Crippen molar-refractivity contribution in [2.75, 3.05) is 18.5 Å². The highest BCUT2D eigenvalue weighted by atomic mass is 16.5. The second-order valence-electron chi connectivity index (χ2n) is 8.08. The number of carbonyl (C=O) groups excluding carboxylic acids is 2. The van der Waals surface area contributed by atoms with Gasteiger partial charge >= 0.3 is 0 Å². The lowest BCUT2D eigenvalue weighted by atomic mass is 9.96. The molecule has 1 aliphatic rings. The average molecular weight is 410 g/mol. The molecule has 9 nitrogen and oxygen atoms in total. The fourth-order valence-electron chi connectivity index (χ4n) is 3.03. The molecule has 0 aliphatic carbocycles. The first-order valence-corrected chi connectivity index (χ1v) is 9.92. The maximum atomic E-state index is 12.8. The van der Waals surface area contributed by atoms with Crippen molar-refractivity contribution in [1.29, 1.82) is 5.26 Å². The predicted molar refractivity (Wildman–Crippen MR) is 110 cm³/mol. The van der Waals surface area contributed by atoms with Gasteiger partial charge in [-0.2, -0.15) is 10.4 Å². The monoisotopic (exact) mass is 410 g/mol. The number of carbonyl (C=O) groups is 2. The molecule has 1 atom stereocenters. The number of amides is 2. The molecule has 2 aromatic rings. The molecular weight excluding hydrogens is 384 g/mol. The summed E-state index contributed by atoms with van der Waals surface area (Å²) in [5, 5.41) is 19.1. The predicted octanol–water partition coefficient (Wildman–Crippen LogP) is 2.82. The topological polar surface area (TPSA) is 122 Å². The third kappa shape index (κ3) is 5.21. The fraction of sp³-hybridized carbons (Fsp3) is 0.476. The van der Waals surface area contributed by atoms with Crippen LogP contribution in [0.15, 0.2) is 24.7 Å². The summed E-state index contributed by atoms with van der Waals surface area (Å²) in [5.74, 6) is -0.854. The minimum atomic E-state index is -0.721. The summed E-state index contributed by atoms with van der Waals surface area (Å²) in [6.07, 6.45) is 7.21. The third-order valence-electron chi connectivity index (χ3n) is 4.78. The van der Waals surface area contributed by atoms with E-state index < -0.39 is 11.3 Å². The minimum Gasteiger partial charge on any atom is -0.357 e. The second-order valence-corrected chi connectivity index (χ2v) is 8.08. The first-order valence-electron chi connectivity index (χ1n) is 9.92. The summed E-state index contributed by atoms with van der Waals surface area (Å²) in [7, 11) is 0. The van der Waals surface area contributed by atoms with E-state index in [-0.39, 0.29) is 30.1 Å². The molecule has 2 amide bonds. The average Bonchev–Trinajstić information content (AvgIpc) is 3.16. The van der Waals surface area contributed by atoms with E-state index in [1.54, 1.807) is 37.0 Å². The van der Waals surface area contributed by atoms with Gasteiger partial charge < -0.3 is 15.4 Å². The molecule has 1 aliphatic heterocycles. The van der Waals surface area contributed by atoms with Crippen LogP contribution in [0, 0.1) is 23.7 Å². The van der Waals surface area contributed by atoms with E-state index in [1.165, 1.54) is 6.20 Å². The molecule has 0 aromatic carbocycles. The van der Waals surface area contributed by atoms with Crippen molar-refractivity contribution >= 4 is 17.5 Å². The van der Waals surface area contributed by atoms with Crippen molar-refractivity contribution in [3.63, 3.8) is 0 Å². The Hall–Kier alpha value is -3.25. The van der Waals surface area contributed by atoms with Crippen molar-refractivity contribution < 1.29 is 14.3 Å². The molecule has 3 heterocycles. The number of nitrogens with zero attached hydrogens (tertiary/aromatic N) is 4. The molecule has 0 radical (unpaired) electrons. The molecule has 9 heteroatoms. The molecule has 30 heavy (non-hydrogen) atoms. The zero-order chi connectivity index (χ0) is 21.7. The van der Waals surface area contributed by atoms with Gasteiger partial charge in [-0.05, 0) is 51.7 Å². The Bertz CT molecular complexity index is 969. The van der Waals surface area contributed by atoms with E-state index in [0.717, 1.165) is 24.8 Å². The van der Waals surface area contributed by atoms with Gasteiger partial charge in [-0.15, -0.1) is 0 Å². The van der Waals surface area contributed by atoms with Gasteiger partial charge in [-0.25, -0.2) is 4.68 Å². The number of aryl methyl sites for hydroxylation is 1. The summed E-state index contributed by atoms with van der Waals surface area (Å²) in [5.41, 5.74) is 0.871. The van der Waals surface area contributed by atoms with Crippen LogP contribution >= 0.6 is 0 Å². The highest BCUT2D eigenvalue weighted by Crippen LogP contribution is 2.25. The molecular formula is C21H26N6O3. The number of ether oxygens (including phenoxy) is 1. The Labute approximate surface area is 175 Å². The first-order chi connectivity index (χ1) is 14.3. The molecule has 158 valence electrons. The number of anilines is 1. The Morgan fingerprint density at radius 1 is 1.33 bits per heavy atom. The maximum absolute atomic E-state index is 12.8. The van der Waals surface area contributed by atoms with Crippen LogP contribution in [0.3, 0.4) is 0 Å². The van der Waals surface area contributed by atoms with Crippen LogP contribution in [0.2, 0.25) is 0 Å². The van der Waals surface area contributed by atoms with Crippen molar-refractivity contribution in [3.8, 4) is 6.07 Å². The lowest BCUT2D eigenvalue weighted by molar-refractivity contribution is -0.0395. The quantitative estimate of drug-likeness (QED) is 0.755. The van der Waals surface area contributed by atoms with Crippen molar-refractivity contribution in [2.45, 2.75) is 46.3 Å². The Balaban J connectivity index is 1.85. The summed E-state index contributed by atoms with van der Waals surface area (Å²) in [6, 6.07) is 3.86. The van der Waals surface area contributed by atoms with E-state index in [2.05, 4.69) is 26.8 Å². The van der Waals surface area contributed by atoms with Crippen LogP contribution in [0.25, 0.3) is 0 Å². The van der Waals surface area contributed by atoms with Gasteiger partial charge in [0, 0.05) is 25.5 Å². The van der Waals surface area contributed by atoms with Gasteiger partial charge in [-0.1, -0.05) is 0 Å². The van der Waals surface area contributed by atoms with Gasteiger partial charge in [0.05, 0.1) is 28.9 Å². The van der Waals surface area contributed by atoms with E-state index in [4.69, 9.17) is 4.74 Å². The smallest absolute Gasteiger partial charge is 0.274 e. The highest BCUT2D eigenvalue weighted by Gasteiger charge is 2.25. The van der Waals surface area contributed by atoms with Gasteiger partial charge in [0.1, 0.15) is 6.23 Å². The number of nitrogens with one attached hydrogen (secondary N) is 2. The standard InChI is InChI=1S/C21H26N6O3/c1-14-8-15(10-23-9-14)19(28)25-16-11-27(17-6-4-5-7-30-17)26-18(16)20(29)24-13-21(2,3)12-22/h8-11,17H,4-7,13H2,1-3H3,(H,24,29)(H,25,28). The van der Waals surface area contributed by atoms with Crippen LogP contribution in [0.5, 0.6) is 0 Å². The normalized spacial score (nSPS) is 16.5. The van der Waals surface area contributed by atoms with E-state index in [0.29, 0.717) is 12.2 Å². The first kappa shape index (κ1) is 21.5. The number of pyridine rings is 1. The summed E-state index contributed by atoms with van der Waals surface area (Å²) >= 11 is 0. The molecule has 2 N–H and O–H groups in total. The summed E-state index contributed by atoms with van der Waals surface area (Å²) in [4.78, 5) is 29.5. The van der Waals surface area contributed by atoms with Gasteiger partial charge in [0.2, 0.25) is 0 Å². The molecule has 1 unspecified atom stereocenters. The molecule has 2 aromatic heterocycles. The summed E-state index contributed by atoms with van der Waals surface area (Å²) < 4.78 is 7.33. The maximum Gasteiger partial charge on any atom is 0.274 e. The molecule has 3 rings (SSSR count). The molecule has 0 bridgehead atoms. The second kappa shape index (κ2) is 9.05. The minimum absolute atomic E-state index is 0.0758. The lowest BCUT2D eigenvalue weighted by Gasteiger charge is -2.22. The third-order valence-corrected chi connectivity index (χ3v) is 4.78. The molecule has 0 saturated carbocycles. The zero-order valence-corrected chi connectivity index (χ0v) is 17.4. The van der Waals surface area contributed by atoms with Crippen molar-refractivity contribution in [1.82, 2.24) is 20.1 Å². The van der Waals surface area contributed by atoms with Crippen LogP contribution < -0.4 is 10.6 Å². The Kier molecular flexibility index (Phi) is 6.47. The lowest BCUT2D eigenvalue weighted by Crippen LogP contribution is -2.34. The van der Waals surface area contributed by atoms with Crippen LogP contribution in [-0.4, -0.2) is 39.7 Å². The fourth-order valence-corrected chi connectivity index (χ4v) is 3.03. The van der Waals surface area contributed by atoms with Gasteiger partial charge in [-0.3, -0.25) is 14.6 Å². The Morgan fingerprint density at radius 3 is 2.80 bits per heavy atom. The zero-order valence-electron chi connectivity index (χ0n) is 17.4. The van der Waals surface area contributed by atoms with E-state index in [1.807, 2.05) is 6.92 Å². The van der Waals surface area contributed by atoms with Crippen molar-refractivity contribution in [2.24, 2.45) is 5.41 Å². The number of rotatable bonds is 6. The number of hydrogen-bond acceptors (Lipinski definition) is 6. The number of hydrogen-bond donors (Lipinski definition) is 2. The largest absolute Gasteiger partial charge is 0.357 e. The van der Waals surface area contributed by atoms with Gasteiger partial charge in [0.25, 0.3) is 11.8 Å².